The van der Waals surface area contributed by atoms with Crippen molar-refractivity contribution in [2.75, 3.05) is 5.32 Å². The molecule has 26 heavy (non-hydrogen) atoms. The Morgan fingerprint density at radius 2 is 2.15 bits per heavy atom. The number of nitrogens with zero attached hydrogens (tertiary/aromatic N) is 3. The first kappa shape index (κ1) is 16.7. The van der Waals surface area contributed by atoms with Crippen molar-refractivity contribution in [3.63, 3.8) is 0 Å². The van der Waals surface area contributed by atoms with E-state index in [0.29, 0.717) is 10.9 Å². The van der Waals surface area contributed by atoms with Gasteiger partial charge in [-0.15, -0.1) is 10.2 Å². The maximum Gasteiger partial charge on any atom is 0.279 e. The second-order valence-corrected chi connectivity index (χ2v) is 7.59. The van der Waals surface area contributed by atoms with Crippen molar-refractivity contribution < 1.29 is 14.1 Å². The highest BCUT2D eigenvalue weighted by molar-refractivity contribution is 7.15. The molecule has 4 rings (SSSR count). The van der Waals surface area contributed by atoms with Crippen molar-refractivity contribution in [3.05, 3.63) is 40.5 Å². The highest BCUT2D eigenvalue weighted by Gasteiger charge is 2.21. The van der Waals surface area contributed by atoms with E-state index in [4.69, 9.17) is 9.26 Å². The molecule has 1 amide bonds. The van der Waals surface area contributed by atoms with Gasteiger partial charge in [0.1, 0.15) is 16.9 Å². The van der Waals surface area contributed by atoms with Crippen LogP contribution in [0.3, 0.4) is 0 Å². The first-order valence-corrected chi connectivity index (χ1v) is 9.22. The van der Waals surface area contributed by atoms with Crippen LogP contribution in [0.15, 0.2) is 28.8 Å². The Morgan fingerprint density at radius 3 is 2.92 bits per heavy atom. The van der Waals surface area contributed by atoms with E-state index in [1.54, 1.807) is 6.07 Å². The standard InChI is InChI=1S/C18H18N4O3S/c1-9(2)17-20-21-18(26-17)19-16(23)13-8-15(25-22-13)11-4-5-14-12(7-11)6-10(3)24-14/h4-5,7-10H,6H2,1-3H3,(H,19,21,23)/t10-/m1/s1. The van der Waals surface area contributed by atoms with Gasteiger partial charge in [-0.25, -0.2) is 0 Å². The fourth-order valence-corrected chi connectivity index (χ4v) is 3.51. The SMILES string of the molecule is CC(C)c1nnc(NC(=O)c2cc(-c3ccc4c(c3)C[C@@H](C)O4)on2)s1. The molecule has 8 heteroatoms. The Labute approximate surface area is 154 Å². The van der Waals surface area contributed by atoms with E-state index in [1.807, 2.05) is 39.0 Å². The summed E-state index contributed by atoms with van der Waals surface area (Å²) in [6.45, 7) is 6.09. The lowest BCUT2D eigenvalue weighted by atomic mass is 10.1. The van der Waals surface area contributed by atoms with E-state index in [2.05, 4.69) is 20.7 Å². The van der Waals surface area contributed by atoms with Gasteiger partial charge >= 0.3 is 0 Å². The van der Waals surface area contributed by atoms with E-state index in [-0.39, 0.29) is 23.6 Å². The van der Waals surface area contributed by atoms with Gasteiger partial charge in [0.05, 0.1) is 0 Å². The van der Waals surface area contributed by atoms with Gasteiger partial charge in [-0.3, -0.25) is 10.1 Å². The largest absolute Gasteiger partial charge is 0.490 e. The first-order chi connectivity index (χ1) is 12.5. The number of aromatic nitrogens is 3. The molecular weight excluding hydrogens is 352 g/mol. The molecule has 1 aliphatic rings. The van der Waals surface area contributed by atoms with Crippen LogP contribution in [-0.2, 0) is 6.42 Å². The number of carbonyl (C=O) groups is 1. The zero-order valence-electron chi connectivity index (χ0n) is 14.6. The van der Waals surface area contributed by atoms with Crippen LogP contribution in [-0.4, -0.2) is 27.4 Å². The number of hydrogen-bond acceptors (Lipinski definition) is 7. The van der Waals surface area contributed by atoms with E-state index in [0.717, 1.165) is 28.3 Å². The van der Waals surface area contributed by atoms with Crippen molar-refractivity contribution in [1.29, 1.82) is 0 Å². The Kier molecular flexibility index (Phi) is 4.20. The molecule has 0 aliphatic carbocycles. The highest BCUT2D eigenvalue weighted by Crippen LogP contribution is 2.33. The summed E-state index contributed by atoms with van der Waals surface area (Å²) in [6.07, 6.45) is 1.04. The number of ether oxygens (including phenoxy) is 1. The maximum atomic E-state index is 12.4. The van der Waals surface area contributed by atoms with Crippen LogP contribution < -0.4 is 10.1 Å². The molecule has 1 aliphatic heterocycles. The topological polar surface area (TPSA) is 90.1 Å². The summed E-state index contributed by atoms with van der Waals surface area (Å²) in [4.78, 5) is 12.4. The normalized spacial score (nSPS) is 15.8. The minimum absolute atomic E-state index is 0.180. The summed E-state index contributed by atoms with van der Waals surface area (Å²) in [5.74, 6) is 1.33. The van der Waals surface area contributed by atoms with Crippen molar-refractivity contribution >= 4 is 22.4 Å². The van der Waals surface area contributed by atoms with Crippen molar-refractivity contribution in [1.82, 2.24) is 15.4 Å². The van der Waals surface area contributed by atoms with Crippen LogP contribution in [0.25, 0.3) is 11.3 Å². The van der Waals surface area contributed by atoms with Crippen LogP contribution in [0, 0.1) is 0 Å². The lowest BCUT2D eigenvalue weighted by Crippen LogP contribution is -2.11. The molecule has 2 aromatic heterocycles. The fraction of sp³-hybridized carbons (Fsp3) is 0.333. The molecule has 0 saturated heterocycles. The van der Waals surface area contributed by atoms with Crippen molar-refractivity contribution in [2.24, 2.45) is 0 Å². The molecule has 3 aromatic rings. The third-order valence-corrected chi connectivity index (χ3v) is 5.22. The molecule has 0 unspecified atom stereocenters. The number of benzene rings is 1. The zero-order valence-corrected chi connectivity index (χ0v) is 15.5. The van der Waals surface area contributed by atoms with Gasteiger partial charge in [0, 0.05) is 24.0 Å². The molecule has 1 N–H and O–H groups in total. The molecule has 134 valence electrons. The van der Waals surface area contributed by atoms with Crippen LogP contribution >= 0.6 is 11.3 Å². The Hall–Kier alpha value is -2.74. The smallest absolute Gasteiger partial charge is 0.279 e. The van der Waals surface area contributed by atoms with Gasteiger partial charge in [-0.1, -0.05) is 30.3 Å². The fourth-order valence-electron chi connectivity index (χ4n) is 2.77. The average Bonchev–Trinajstić information content (AvgIpc) is 3.32. The summed E-state index contributed by atoms with van der Waals surface area (Å²) in [5, 5.41) is 15.9. The predicted octanol–water partition coefficient (Wildman–Crippen LogP) is 3.89. The monoisotopic (exact) mass is 370 g/mol. The summed E-state index contributed by atoms with van der Waals surface area (Å²) >= 11 is 1.35. The van der Waals surface area contributed by atoms with Gasteiger partial charge < -0.3 is 9.26 Å². The van der Waals surface area contributed by atoms with E-state index >= 15 is 0 Å². The van der Waals surface area contributed by atoms with Crippen LogP contribution in [0.5, 0.6) is 5.75 Å². The first-order valence-electron chi connectivity index (χ1n) is 8.41. The minimum Gasteiger partial charge on any atom is -0.490 e. The quantitative estimate of drug-likeness (QED) is 0.749. The highest BCUT2D eigenvalue weighted by atomic mass is 32.1. The summed E-state index contributed by atoms with van der Waals surface area (Å²) in [7, 11) is 0. The van der Waals surface area contributed by atoms with Crippen LogP contribution in [0.2, 0.25) is 0 Å². The number of carbonyl (C=O) groups excluding carboxylic acids is 1. The molecule has 1 aromatic carbocycles. The molecule has 0 saturated carbocycles. The molecule has 0 radical (unpaired) electrons. The van der Waals surface area contributed by atoms with Crippen molar-refractivity contribution in [3.8, 4) is 17.1 Å². The second kappa shape index (κ2) is 6.53. The van der Waals surface area contributed by atoms with Gasteiger partial charge in [-0.05, 0) is 30.7 Å². The zero-order chi connectivity index (χ0) is 18.3. The summed E-state index contributed by atoms with van der Waals surface area (Å²) in [5.41, 5.74) is 2.20. The van der Waals surface area contributed by atoms with Crippen LogP contribution in [0.1, 0.15) is 47.7 Å². The third-order valence-electron chi connectivity index (χ3n) is 4.08. The molecule has 3 heterocycles. The van der Waals surface area contributed by atoms with Gasteiger partial charge in [0.25, 0.3) is 5.91 Å². The van der Waals surface area contributed by atoms with E-state index in [9.17, 15) is 4.79 Å². The van der Waals surface area contributed by atoms with E-state index < -0.39 is 0 Å². The summed E-state index contributed by atoms with van der Waals surface area (Å²) in [6, 6.07) is 7.46. The van der Waals surface area contributed by atoms with Gasteiger partial charge in [0.2, 0.25) is 5.13 Å². The third kappa shape index (κ3) is 3.20. The lowest BCUT2D eigenvalue weighted by Gasteiger charge is -2.02. The molecular formula is C18H18N4O3S. The lowest BCUT2D eigenvalue weighted by molar-refractivity contribution is 0.101. The Morgan fingerprint density at radius 1 is 1.31 bits per heavy atom. The van der Waals surface area contributed by atoms with Gasteiger partial charge in [-0.2, -0.15) is 0 Å². The number of hydrogen-bond donors (Lipinski definition) is 1. The molecule has 0 spiro atoms. The number of rotatable bonds is 4. The van der Waals surface area contributed by atoms with Crippen molar-refractivity contribution in [2.45, 2.75) is 39.2 Å². The van der Waals surface area contributed by atoms with E-state index in [1.165, 1.54) is 11.3 Å². The number of anilines is 1. The molecule has 1 atom stereocenters. The molecule has 7 nitrogen and oxygen atoms in total. The molecule has 0 bridgehead atoms. The van der Waals surface area contributed by atoms with Gasteiger partial charge in [0.15, 0.2) is 11.5 Å². The maximum absolute atomic E-state index is 12.4. The summed E-state index contributed by atoms with van der Waals surface area (Å²) < 4.78 is 11.1. The minimum atomic E-state index is -0.371. The number of fused-ring (bicyclic) bond motifs is 1. The Bertz CT molecular complexity index is 963. The van der Waals surface area contributed by atoms with Crippen LogP contribution in [0.4, 0.5) is 5.13 Å². The Balaban J connectivity index is 1.50. The number of nitrogens with one attached hydrogen (secondary N) is 1. The average molecular weight is 370 g/mol. The predicted molar refractivity (Wildman–Crippen MR) is 97.7 cm³/mol. The molecule has 0 fully saturated rings. The second-order valence-electron chi connectivity index (χ2n) is 6.59. The number of amides is 1.